The van der Waals surface area contributed by atoms with Gasteiger partial charge in [0.2, 0.25) is 0 Å². The van der Waals surface area contributed by atoms with E-state index in [2.05, 4.69) is 19.2 Å². The van der Waals surface area contributed by atoms with Crippen LogP contribution in [0.15, 0.2) is 18.2 Å². The summed E-state index contributed by atoms with van der Waals surface area (Å²) in [6.07, 6.45) is 0. The molecule has 0 unspecified atom stereocenters. The Morgan fingerprint density at radius 2 is 1.88 bits per heavy atom. The van der Waals surface area contributed by atoms with E-state index in [0.717, 1.165) is 23.6 Å². The highest BCUT2D eigenvalue weighted by atomic mass is 35.5. The van der Waals surface area contributed by atoms with Gasteiger partial charge in [0, 0.05) is 24.2 Å². The van der Waals surface area contributed by atoms with E-state index < -0.39 is 0 Å². The molecule has 0 radical (unpaired) electrons. The first-order valence-corrected chi connectivity index (χ1v) is 5.11. The second-order valence-corrected chi connectivity index (χ2v) is 3.71. The molecule has 16 heavy (non-hydrogen) atoms. The fourth-order valence-electron chi connectivity index (χ4n) is 1.31. The van der Waals surface area contributed by atoms with Crippen molar-refractivity contribution in [3.63, 3.8) is 0 Å². The first-order valence-electron chi connectivity index (χ1n) is 5.11. The van der Waals surface area contributed by atoms with Crippen LogP contribution in [0, 0.1) is 0 Å². The van der Waals surface area contributed by atoms with Crippen LogP contribution in [0.4, 0.5) is 0 Å². The maximum atomic E-state index is 5.30. The van der Waals surface area contributed by atoms with E-state index in [1.165, 1.54) is 0 Å². The van der Waals surface area contributed by atoms with Gasteiger partial charge in [-0.15, -0.1) is 12.4 Å². The topological polar surface area (TPSA) is 30.5 Å². The Bertz CT molecular complexity index is 316. The van der Waals surface area contributed by atoms with Gasteiger partial charge in [-0.1, -0.05) is 19.9 Å². The third-order valence-electron chi connectivity index (χ3n) is 2.20. The number of hydrogen-bond donors (Lipinski definition) is 1. The number of rotatable bonds is 5. The van der Waals surface area contributed by atoms with Gasteiger partial charge in [-0.25, -0.2) is 0 Å². The highest BCUT2D eigenvalue weighted by Crippen LogP contribution is 2.24. The zero-order chi connectivity index (χ0) is 11.3. The van der Waals surface area contributed by atoms with Crippen molar-refractivity contribution in [3.8, 4) is 11.5 Å². The molecule has 0 amide bonds. The third kappa shape index (κ3) is 4.29. The fraction of sp³-hybridized carbons (Fsp3) is 0.500. The van der Waals surface area contributed by atoms with Gasteiger partial charge >= 0.3 is 0 Å². The van der Waals surface area contributed by atoms with Crippen molar-refractivity contribution >= 4 is 12.4 Å². The van der Waals surface area contributed by atoms with E-state index in [-0.39, 0.29) is 12.4 Å². The van der Waals surface area contributed by atoms with Gasteiger partial charge in [0.25, 0.3) is 0 Å². The van der Waals surface area contributed by atoms with Gasteiger partial charge in [-0.2, -0.15) is 0 Å². The Kier molecular flexibility index (Phi) is 6.93. The van der Waals surface area contributed by atoms with Gasteiger partial charge in [0.15, 0.2) is 0 Å². The molecule has 1 N–H and O–H groups in total. The van der Waals surface area contributed by atoms with Gasteiger partial charge in [0.05, 0.1) is 14.2 Å². The highest BCUT2D eigenvalue weighted by molar-refractivity contribution is 5.85. The van der Waals surface area contributed by atoms with Crippen molar-refractivity contribution in [1.82, 2.24) is 5.32 Å². The minimum atomic E-state index is 0. The van der Waals surface area contributed by atoms with Crippen molar-refractivity contribution in [2.45, 2.75) is 26.4 Å². The molecular weight excluding hydrogens is 226 g/mol. The quantitative estimate of drug-likeness (QED) is 0.865. The molecule has 92 valence electrons. The number of halogens is 1. The molecule has 1 aromatic carbocycles. The van der Waals surface area contributed by atoms with E-state index in [1.54, 1.807) is 14.2 Å². The van der Waals surface area contributed by atoms with Gasteiger partial charge in [0.1, 0.15) is 11.5 Å². The van der Waals surface area contributed by atoms with E-state index in [1.807, 2.05) is 18.2 Å². The van der Waals surface area contributed by atoms with Gasteiger partial charge in [-0.3, -0.25) is 0 Å². The summed E-state index contributed by atoms with van der Waals surface area (Å²) in [7, 11) is 3.33. The normalized spacial score (nSPS) is 9.81. The van der Waals surface area contributed by atoms with Crippen LogP contribution < -0.4 is 14.8 Å². The zero-order valence-electron chi connectivity index (χ0n) is 10.2. The monoisotopic (exact) mass is 245 g/mol. The van der Waals surface area contributed by atoms with Crippen molar-refractivity contribution < 1.29 is 9.47 Å². The lowest BCUT2D eigenvalue weighted by Gasteiger charge is -2.12. The Balaban J connectivity index is 0.00000225. The lowest BCUT2D eigenvalue weighted by molar-refractivity contribution is 0.389. The van der Waals surface area contributed by atoms with Crippen LogP contribution in [0.3, 0.4) is 0 Å². The Labute approximate surface area is 104 Å². The van der Waals surface area contributed by atoms with E-state index in [0.29, 0.717) is 6.04 Å². The molecule has 0 saturated heterocycles. The standard InChI is InChI=1S/C12H19NO2.ClH/c1-9(2)13-8-10-5-6-11(14-3)7-12(10)15-4;/h5-7,9,13H,8H2,1-4H3;1H. The Morgan fingerprint density at radius 1 is 1.19 bits per heavy atom. The third-order valence-corrected chi connectivity index (χ3v) is 2.20. The lowest BCUT2D eigenvalue weighted by Crippen LogP contribution is -2.22. The predicted molar refractivity (Wildman–Crippen MR) is 68.8 cm³/mol. The Morgan fingerprint density at radius 3 is 2.38 bits per heavy atom. The van der Waals surface area contributed by atoms with Crippen molar-refractivity contribution in [1.29, 1.82) is 0 Å². The van der Waals surface area contributed by atoms with Crippen LogP contribution >= 0.6 is 12.4 Å². The van der Waals surface area contributed by atoms with Crippen LogP contribution in [0.2, 0.25) is 0 Å². The average molecular weight is 246 g/mol. The maximum Gasteiger partial charge on any atom is 0.127 e. The SMILES string of the molecule is COc1ccc(CNC(C)C)c(OC)c1.Cl. The molecule has 4 heteroatoms. The number of benzene rings is 1. The summed E-state index contributed by atoms with van der Waals surface area (Å²) < 4.78 is 10.4. The van der Waals surface area contributed by atoms with E-state index in [9.17, 15) is 0 Å². The summed E-state index contributed by atoms with van der Waals surface area (Å²) in [6, 6.07) is 6.33. The summed E-state index contributed by atoms with van der Waals surface area (Å²) >= 11 is 0. The fourth-order valence-corrected chi connectivity index (χ4v) is 1.31. The zero-order valence-corrected chi connectivity index (χ0v) is 11.1. The summed E-state index contributed by atoms with van der Waals surface area (Å²) in [5.74, 6) is 1.68. The smallest absolute Gasteiger partial charge is 0.127 e. The molecule has 0 bridgehead atoms. The second kappa shape index (κ2) is 7.36. The van der Waals surface area contributed by atoms with Gasteiger partial charge < -0.3 is 14.8 Å². The molecule has 0 heterocycles. The van der Waals surface area contributed by atoms with E-state index >= 15 is 0 Å². The summed E-state index contributed by atoms with van der Waals surface area (Å²) in [5, 5.41) is 3.35. The summed E-state index contributed by atoms with van der Waals surface area (Å²) in [6.45, 7) is 5.05. The molecule has 0 fully saturated rings. The minimum Gasteiger partial charge on any atom is -0.497 e. The maximum absolute atomic E-state index is 5.30. The molecule has 1 aromatic rings. The molecule has 3 nitrogen and oxygen atoms in total. The average Bonchev–Trinajstić information content (AvgIpc) is 2.25. The molecule has 1 rings (SSSR count). The molecular formula is C12H20ClNO2. The number of nitrogens with one attached hydrogen (secondary N) is 1. The summed E-state index contributed by atoms with van der Waals surface area (Å²) in [4.78, 5) is 0. The predicted octanol–water partition coefficient (Wildman–Crippen LogP) is 2.62. The first kappa shape index (κ1) is 15.1. The minimum absolute atomic E-state index is 0. The molecule has 0 aromatic heterocycles. The number of ether oxygens (including phenoxy) is 2. The van der Waals surface area contributed by atoms with Crippen molar-refractivity contribution in [3.05, 3.63) is 23.8 Å². The van der Waals surface area contributed by atoms with E-state index in [4.69, 9.17) is 9.47 Å². The van der Waals surface area contributed by atoms with Crippen LogP contribution in [0.25, 0.3) is 0 Å². The lowest BCUT2D eigenvalue weighted by atomic mass is 10.2. The molecule has 0 aliphatic heterocycles. The first-order chi connectivity index (χ1) is 7.17. The van der Waals surface area contributed by atoms with Crippen molar-refractivity contribution in [2.75, 3.05) is 14.2 Å². The highest BCUT2D eigenvalue weighted by Gasteiger charge is 2.04. The Hall–Kier alpha value is -0.930. The number of methoxy groups -OCH3 is 2. The molecule has 0 spiro atoms. The molecule has 0 aliphatic carbocycles. The van der Waals surface area contributed by atoms with Crippen LogP contribution in [-0.4, -0.2) is 20.3 Å². The van der Waals surface area contributed by atoms with Crippen LogP contribution in [0.5, 0.6) is 11.5 Å². The molecule has 0 atom stereocenters. The summed E-state index contributed by atoms with van der Waals surface area (Å²) in [5.41, 5.74) is 1.15. The second-order valence-electron chi connectivity index (χ2n) is 3.71. The van der Waals surface area contributed by atoms with Crippen molar-refractivity contribution in [2.24, 2.45) is 0 Å². The van der Waals surface area contributed by atoms with Gasteiger partial charge in [-0.05, 0) is 6.07 Å². The van der Waals surface area contributed by atoms with Crippen LogP contribution in [-0.2, 0) is 6.54 Å². The number of hydrogen-bond acceptors (Lipinski definition) is 3. The van der Waals surface area contributed by atoms with Crippen LogP contribution in [0.1, 0.15) is 19.4 Å². The molecule has 0 aliphatic rings. The molecule has 0 saturated carbocycles. The largest absolute Gasteiger partial charge is 0.497 e.